The summed E-state index contributed by atoms with van der Waals surface area (Å²) in [5, 5.41) is 22.9. The highest BCUT2D eigenvalue weighted by molar-refractivity contribution is 5.82. The number of hydrogen-bond acceptors (Lipinski definition) is 8. The van der Waals surface area contributed by atoms with Crippen LogP contribution in [0, 0.1) is 17.8 Å². The maximum Gasteiger partial charge on any atom is 0.342 e. The maximum absolute atomic E-state index is 12.8. The quantitative estimate of drug-likeness (QED) is 0.252. The van der Waals surface area contributed by atoms with E-state index in [1.807, 2.05) is 60.7 Å². The fourth-order valence-electron chi connectivity index (χ4n) is 5.25. The molecule has 0 aromatic heterocycles. The van der Waals surface area contributed by atoms with Crippen LogP contribution < -0.4 is 0 Å². The first-order chi connectivity index (χ1) is 19.3. The van der Waals surface area contributed by atoms with Gasteiger partial charge in [0, 0.05) is 17.8 Å². The summed E-state index contributed by atoms with van der Waals surface area (Å²) in [6, 6.07) is 19.2. The van der Waals surface area contributed by atoms with E-state index in [9.17, 15) is 19.8 Å². The van der Waals surface area contributed by atoms with Crippen molar-refractivity contribution in [2.75, 3.05) is 27.4 Å². The number of methoxy groups -OCH3 is 2. The number of aliphatic hydroxyl groups is 2. The van der Waals surface area contributed by atoms with Crippen molar-refractivity contribution in [1.82, 2.24) is 0 Å². The van der Waals surface area contributed by atoms with Gasteiger partial charge in [-0.05, 0) is 36.5 Å². The minimum Gasteiger partial charge on any atom is -0.467 e. The molecule has 2 aromatic carbocycles. The lowest BCUT2D eigenvalue weighted by Gasteiger charge is -2.32. The zero-order valence-corrected chi connectivity index (χ0v) is 23.2. The van der Waals surface area contributed by atoms with Gasteiger partial charge in [-0.2, -0.15) is 0 Å². The van der Waals surface area contributed by atoms with Gasteiger partial charge in [-0.3, -0.25) is 0 Å². The van der Waals surface area contributed by atoms with Gasteiger partial charge in [-0.15, -0.1) is 6.58 Å². The third-order valence-corrected chi connectivity index (χ3v) is 7.62. The molecule has 5 atom stereocenters. The van der Waals surface area contributed by atoms with Gasteiger partial charge in [0.1, 0.15) is 0 Å². The molecule has 0 heterocycles. The van der Waals surface area contributed by atoms with Crippen LogP contribution in [0.5, 0.6) is 0 Å². The highest BCUT2D eigenvalue weighted by atomic mass is 16.5. The maximum atomic E-state index is 12.8. The van der Waals surface area contributed by atoms with Crippen LogP contribution in [0.15, 0.2) is 85.5 Å². The van der Waals surface area contributed by atoms with Crippen LogP contribution >= 0.6 is 0 Å². The summed E-state index contributed by atoms with van der Waals surface area (Å²) < 4.78 is 21.5. The van der Waals surface area contributed by atoms with E-state index < -0.39 is 40.9 Å². The van der Waals surface area contributed by atoms with Gasteiger partial charge in [-0.25, -0.2) is 9.59 Å². The van der Waals surface area contributed by atoms with E-state index in [4.69, 9.17) is 18.9 Å². The monoisotopic (exact) mass is 552 g/mol. The predicted molar refractivity (Wildman–Crippen MR) is 150 cm³/mol. The Balaban J connectivity index is 1.68. The van der Waals surface area contributed by atoms with Crippen molar-refractivity contribution in [2.45, 2.75) is 43.7 Å². The van der Waals surface area contributed by atoms with Gasteiger partial charge in [0.25, 0.3) is 0 Å². The number of esters is 2. The molecular weight excluding hydrogens is 512 g/mol. The van der Waals surface area contributed by atoms with Crippen LogP contribution in [0.2, 0.25) is 0 Å². The van der Waals surface area contributed by atoms with E-state index in [0.717, 1.165) is 11.1 Å². The molecule has 1 fully saturated rings. The van der Waals surface area contributed by atoms with Gasteiger partial charge < -0.3 is 29.2 Å². The van der Waals surface area contributed by atoms with Gasteiger partial charge in [0.05, 0.1) is 40.6 Å². The van der Waals surface area contributed by atoms with Crippen molar-refractivity contribution in [3.63, 3.8) is 0 Å². The molecule has 0 radical (unpaired) electrons. The number of benzene rings is 2. The Kier molecular flexibility index (Phi) is 11.6. The predicted octanol–water partition coefficient (Wildman–Crippen LogP) is 4.00. The van der Waals surface area contributed by atoms with Crippen molar-refractivity contribution in [3.05, 3.63) is 96.6 Å². The van der Waals surface area contributed by atoms with Crippen molar-refractivity contribution >= 4 is 11.9 Å². The molecule has 8 nitrogen and oxygen atoms in total. The minimum atomic E-state index is -2.05. The lowest BCUT2D eigenvalue weighted by Crippen LogP contribution is -2.50. The van der Waals surface area contributed by atoms with Gasteiger partial charge >= 0.3 is 11.9 Å². The third-order valence-electron chi connectivity index (χ3n) is 7.62. The average Bonchev–Trinajstić information content (AvgIpc) is 3.31. The molecule has 0 spiro atoms. The Morgan fingerprint density at radius 1 is 0.975 bits per heavy atom. The molecule has 216 valence electrons. The fraction of sp³-hybridized carbons (Fsp3) is 0.438. The number of ether oxygens (including phenoxy) is 4. The Bertz CT molecular complexity index is 1120. The van der Waals surface area contributed by atoms with Crippen LogP contribution in [0.4, 0.5) is 0 Å². The minimum absolute atomic E-state index is 0.0185. The van der Waals surface area contributed by atoms with E-state index in [2.05, 4.69) is 6.58 Å². The van der Waals surface area contributed by atoms with E-state index in [0.29, 0.717) is 26.1 Å². The second kappa shape index (κ2) is 14.9. The molecule has 0 aliphatic heterocycles. The zero-order chi connectivity index (χ0) is 29.0. The van der Waals surface area contributed by atoms with Crippen molar-refractivity contribution in [2.24, 2.45) is 17.8 Å². The summed E-state index contributed by atoms with van der Waals surface area (Å²) in [7, 11) is 2.44. The van der Waals surface area contributed by atoms with Crippen LogP contribution in [-0.2, 0) is 41.8 Å². The number of carbonyl (C=O) groups excluding carboxylic acids is 2. The molecule has 40 heavy (non-hydrogen) atoms. The standard InChI is InChI=1S/C32H40O8/c1-4-26(22-39-20-24-12-7-5-8-13-24)31(35,29(33)37-2)19-11-16-27-17-18-28(32(27,36)30(34)38-3)23-40-21-25-14-9-6-10-15-25/h4-15,19,26-28,35-36H,1,16-18,20-23H2,2-3H3/b19-11+/t26-,27?,28?,31+,32?/m0/s1. The number of carbonyl (C=O) groups is 2. The molecule has 0 saturated heterocycles. The Labute approximate surface area is 236 Å². The topological polar surface area (TPSA) is 112 Å². The summed E-state index contributed by atoms with van der Waals surface area (Å²) >= 11 is 0. The molecule has 3 unspecified atom stereocenters. The number of allylic oxidation sites excluding steroid dienone is 1. The van der Waals surface area contributed by atoms with Crippen LogP contribution in [0.3, 0.4) is 0 Å². The van der Waals surface area contributed by atoms with Crippen LogP contribution in [0.25, 0.3) is 0 Å². The number of rotatable bonds is 15. The fourth-order valence-corrected chi connectivity index (χ4v) is 5.25. The summed E-state index contributed by atoms with van der Waals surface area (Å²) in [6.45, 7) is 4.64. The normalized spacial score (nSPS) is 22.9. The molecule has 1 aliphatic rings. The smallest absolute Gasteiger partial charge is 0.342 e. The van der Waals surface area contributed by atoms with Gasteiger partial charge in [-0.1, -0.05) is 72.8 Å². The molecule has 2 aromatic rings. The highest BCUT2D eigenvalue weighted by Gasteiger charge is 2.55. The molecule has 2 N–H and O–H groups in total. The summed E-state index contributed by atoms with van der Waals surface area (Å²) in [5.41, 5.74) is -1.87. The molecule has 0 amide bonds. The second-order valence-corrected chi connectivity index (χ2v) is 10.1. The Morgan fingerprint density at radius 3 is 2.10 bits per heavy atom. The zero-order valence-electron chi connectivity index (χ0n) is 23.2. The van der Waals surface area contributed by atoms with E-state index >= 15 is 0 Å². The summed E-state index contributed by atoms with van der Waals surface area (Å²) in [6.07, 6.45) is 5.70. The number of hydrogen-bond donors (Lipinski definition) is 2. The van der Waals surface area contributed by atoms with Crippen molar-refractivity contribution < 1.29 is 38.7 Å². The molecule has 8 heteroatoms. The van der Waals surface area contributed by atoms with E-state index in [-0.39, 0.29) is 19.6 Å². The van der Waals surface area contributed by atoms with Crippen LogP contribution in [0.1, 0.15) is 30.4 Å². The van der Waals surface area contributed by atoms with Crippen LogP contribution in [-0.4, -0.2) is 60.8 Å². The van der Waals surface area contributed by atoms with Gasteiger partial charge in [0.15, 0.2) is 11.2 Å². The second-order valence-electron chi connectivity index (χ2n) is 10.1. The first-order valence-corrected chi connectivity index (χ1v) is 13.4. The molecule has 1 saturated carbocycles. The SMILES string of the molecule is C=C[C@@H](COCc1ccccc1)[C@](O)(/C=C/CC1CCC(COCc2ccccc2)C1(O)C(=O)OC)C(=O)OC. The molecule has 3 rings (SSSR count). The largest absolute Gasteiger partial charge is 0.467 e. The average molecular weight is 553 g/mol. The third kappa shape index (κ3) is 7.46. The first kappa shape index (κ1) is 31.2. The molecule has 1 aliphatic carbocycles. The van der Waals surface area contributed by atoms with Gasteiger partial charge in [0.2, 0.25) is 0 Å². The van der Waals surface area contributed by atoms with E-state index in [1.165, 1.54) is 26.4 Å². The summed E-state index contributed by atoms with van der Waals surface area (Å²) in [5.74, 6) is -3.35. The Morgan fingerprint density at radius 2 is 1.55 bits per heavy atom. The molecule has 0 bridgehead atoms. The van der Waals surface area contributed by atoms with Crippen molar-refractivity contribution in [3.8, 4) is 0 Å². The first-order valence-electron chi connectivity index (χ1n) is 13.4. The lowest BCUT2D eigenvalue weighted by atomic mass is 9.81. The van der Waals surface area contributed by atoms with Crippen molar-refractivity contribution in [1.29, 1.82) is 0 Å². The molecular formula is C32H40O8. The highest BCUT2D eigenvalue weighted by Crippen LogP contribution is 2.44. The summed E-state index contributed by atoms with van der Waals surface area (Å²) in [4.78, 5) is 25.5. The Hall–Kier alpha value is -3.30. The van der Waals surface area contributed by atoms with E-state index in [1.54, 1.807) is 6.08 Å². The lowest BCUT2D eigenvalue weighted by molar-refractivity contribution is -0.174.